The van der Waals surface area contributed by atoms with Crippen LogP contribution in [0.1, 0.15) is 48.2 Å². The molecule has 2 aromatic rings. The Morgan fingerprint density at radius 1 is 1.26 bits per heavy atom. The second-order valence-corrected chi connectivity index (χ2v) is 5.36. The molecular weight excluding hydrogens is 236 g/mol. The second-order valence-electron chi connectivity index (χ2n) is 5.36. The van der Waals surface area contributed by atoms with E-state index in [0.29, 0.717) is 12.2 Å². The Labute approximate surface area is 113 Å². The Morgan fingerprint density at radius 3 is 2.95 bits per heavy atom. The van der Waals surface area contributed by atoms with Crippen LogP contribution in [0.2, 0.25) is 0 Å². The zero-order chi connectivity index (χ0) is 13.2. The fourth-order valence-corrected chi connectivity index (χ4v) is 2.66. The van der Waals surface area contributed by atoms with E-state index in [1.807, 2.05) is 25.1 Å². The highest BCUT2D eigenvalue weighted by molar-refractivity contribution is 5.98. The molecule has 0 N–H and O–H groups in total. The Hall–Kier alpha value is -1.83. The maximum atomic E-state index is 12.2. The number of benzene rings is 1. The van der Waals surface area contributed by atoms with E-state index in [1.165, 1.54) is 24.0 Å². The van der Waals surface area contributed by atoms with E-state index >= 15 is 0 Å². The van der Waals surface area contributed by atoms with Crippen molar-refractivity contribution in [1.29, 1.82) is 0 Å². The second kappa shape index (κ2) is 5.04. The maximum absolute atomic E-state index is 12.2. The Kier molecular flexibility index (Phi) is 3.24. The molecule has 0 fully saturated rings. The molecule has 0 saturated heterocycles. The SMILES string of the molecule is Cc1ccc2oc(C(=O)CC3=CCCCC3)cc2c1. The van der Waals surface area contributed by atoms with Gasteiger partial charge in [0.2, 0.25) is 5.78 Å². The van der Waals surface area contributed by atoms with Gasteiger partial charge < -0.3 is 4.42 Å². The van der Waals surface area contributed by atoms with Gasteiger partial charge in [0, 0.05) is 11.8 Å². The number of hydrogen-bond donors (Lipinski definition) is 0. The van der Waals surface area contributed by atoms with E-state index in [-0.39, 0.29) is 5.78 Å². The van der Waals surface area contributed by atoms with Crippen molar-refractivity contribution in [3.63, 3.8) is 0 Å². The lowest BCUT2D eigenvalue weighted by atomic mass is 9.95. The third-order valence-corrected chi connectivity index (χ3v) is 3.72. The third kappa shape index (κ3) is 2.62. The highest BCUT2D eigenvalue weighted by Crippen LogP contribution is 2.25. The van der Waals surface area contributed by atoms with Gasteiger partial charge in [-0.3, -0.25) is 4.79 Å². The Morgan fingerprint density at radius 2 is 2.16 bits per heavy atom. The first-order valence-electron chi connectivity index (χ1n) is 6.94. The summed E-state index contributed by atoms with van der Waals surface area (Å²) in [5.74, 6) is 0.592. The number of ketones is 1. The molecule has 1 aliphatic carbocycles. The summed E-state index contributed by atoms with van der Waals surface area (Å²) < 4.78 is 5.65. The molecule has 3 rings (SSSR count). The van der Waals surface area contributed by atoms with E-state index in [1.54, 1.807) is 0 Å². The number of aryl methyl sites for hydroxylation is 1. The molecule has 19 heavy (non-hydrogen) atoms. The molecule has 0 saturated carbocycles. The molecule has 2 heteroatoms. The molecule has 0 unspecified atom stereocenters. The molecule has 0 spiro atoms. The van der Waals surface area contributed by atoms with Gasteiger partial charge in [-0.1, -0.05) is 23.3 Å². The molecule has 1 aromatic carbocycles. The number of rotatable bonds is 3. The molecule has 1 heterocycles. The molecular formula is C17H18O2. The number of fused-ring (bicyclic) bond motifs is 1. The molecule has 0 bridgehead atoms. The molecule has 1 aliphatic rings. The van der Waals surface area contributed by atoms with Crippen molar-refractivity contribution in [2.45, 2.75) is 39.0 Å². The van der Waals surface area contributed by atoms with E-state index in [0.717, 1.165) is 23.8 Å². The summed E-state index contributed by atoms with van der Waals surface area (Å²) in [6, 6.07) is 7.86. The molecule has 0 aliphatic heterocycles. The van der Waals surface area contributed by atoms with Crippen LogP contribution in [-0.4, -0.2) is 5.78 Å². The van der Waals surface area contributed by atoms with Crippen LogP contribution in [-0.2, 0) is 0 Å². The van der Waals surface area contributed by atoms with Crippen LogP contribution < -0.4 is 0 Å². The molecule has 2 nitrogen and oxygen atoms in total. The first kappa shape index (κ1) is 12.2. The summed E-state index contributed by atoms with van der Waals surface area (Å²) >= 11 is 0. The first-order chi connectivity index (χ1) is 9.22. The lowest BCUT2D eigenvalue weighted by molar-refractivity contribution is 0.0967. The summed E-state index contributed by atoms with van der Waals surface area (Å²) in [5.41, 5.74) is 3.25. The molecule has 1 aromatic heterocycles. The van der Waals surface area contributed by atoms with Gasteiger partial charge in [0.25, 0.3) is 0 Å². The van der Waals surface area contributed by atoms with Crippen LogP contribution in [0.25, 0.3) is 11.0 Å². The summed E-state index contributed by atoms with van der Waals surface area (Å²) in [4.78, 5) is 12.2. The predicted molar refractivity (Wildman–Crippen MR) is 76.4 cm³/mol. The number of hydrogen-bond acceptors (Lipinski definition) is 2. The monoisotopic (exact) mass is 254 g/mol. The molecule has 0 radical (unpaired) electrons. The normalized spacial score (nSPS) is 15.5. The van der Waals surface area contributed by atoms with Crippen molar-refractivity contribution in [3.05, 3.63) is 47.2 Å². The zero-order valence-electron chi connectivity index (χ0n) is 11.2. The highest BCUT2D eigenvalue weighted by atomic mass is 16.3. The van der Waals surface area contributed by atoms with E-state index in [4.69, 9.17) is 4.42 Å². The first-order valence-corrected chi connectivity index (χ1v) is 6.94. The van der Waals surface area contributed by atoms with E-state index in [9.17, 15) is 4.79 Å². The molecule has 98 valence electrons. The summed E-state index contributed by atoms with van der Waals surface area (Å²) in [7, 11) is 0. The minimum atomic E-state index is 0.0991. The topological polar surface area (TPSA) is 30.2 Å². The number of furan rings is 1. The van der Waals surface area contributed by atoms with Gasteiger partial charge in [-0.05, 0) is 50.8 Å². The summed E-state index contributed by atoms with van der Waals surface area (Å²) in [6.07, 6.45) is 7.36. The van der Waals surface area contributed by atoms with Gasteiger partial charge in [0.1, 0.15) is 5.58 Å². The van der Waals surface area contributed by atoms with Crippen LogP contribution in [0.15, 0.2) is 40.3 Å². The molecule has 0 atom stereocenters. The van der Waals surface area contributed by atoms with Crippen molar-refractivity contribution in [2.75, 3.05) is 0 Å². The van der Waals surface area contributed by atoms with Crippen LogP contribution in [0.5, 0.6) is 0 Å². The average molecular weight is 254 g/mol. The minimum absolute atomic E-state index is 0.0991. The van der Waals surface area contributed by atoms with Crippen LogP contribution in [0, 0.1) is 6.92 Å². The zero-order valence-corrected chi connectivity index (χ0v) is 11.2. The van der Waals surface area contributed by atoms with Gasteiger partial charge >= 0.3 is 0 Å². The number of carbonyl (C=O) groups excluding carboxylic acids is 1. The van der Waals surface area contributed by atoms with E-state index in [2.05, 4.69) is 12.1 Å². The minimum Gasteiger partial charge on any atom is -0.453 e. The van der Waals surface area contributed by atoms with E-state index < -0.39 is 0 Å². The molecule has 0 amide bonds. The van der Waals surface area contributed by atoms with Crippen molar-refractivity contribution in [1.82, 2.24) is 0 Å². The van der Waals surface area contributed by atoms with Gasteiger partial charge in [-0.2, -0.15) is 0 Å². The number of Topliss-reactive ketones (excluding diaryl/α,β-unsaturated/α-hetero) is 1. The van der Waals surface area contributed by atoms with Gasteiger partial charge in [-0.25, -0.2) is 0 Å². The predicted octanol–water partition coefficient (Wildman–Crippen LogP) is 4.81. The van der Waals surface area contributed by atoms with Gasteiger partial charge in [-0.15, -0.1) is 0 Å². The smallest absolute Gasteiger partial charge is 0.202 e. The number of carbonyl (C=O) groups is 1. The third-order valence-electron chi connectivity index (χ3n) is 3.72. The average Bonchev–Trinajstić information content (AvgIpc) is 2.83. The summed E-state index contributed by atoms with van der Waals surface area (Å²) in [6.45, 7) is 2.04. The Balaban J connectivity index is 1.83. The van der Waals surface area contributed by atoms with Gasteiger partial charge in [0.05, 0.1) is 0 Å². The van der Waals surface area contributed by atoms with Crippen LogP contribution in [0.3, 0.4) is 0 Å². The standard InChI is InChI=1S/C17H18O2/c1-12-7-8-16-14(9-12)11-17(19-16)15(18)10-13-5-3-2-4-6-13/h5,7-9,11H,2-4,6,10H2,1H3. The lowest BCUT2D eigenvalue weighted by Gasteiger charge is -2.10. The number of allylic oxidation sites excluding steroid dienone is 2. The van der Waals surface area contributed by atoms with Crippen molar-refractivity contribution >= 4 is 16.8 Å². The van der Waals surface area contributed by atoms with Crippen LogP contribution in [0.4, 0.5) is 0 Å². The van der Waals surface area contributed by atoms with Crippen molar-refractivity contribution in [2.24, 2.45) is 0 Å². The van der Waals surface area contributed by atoms with Crippen LogP contribution >= 0.6 is 0 Å². The fourth-order valence-electron chi connectivity index (χ4n) is 2.66. The highest BCUT2D eigenvalue weighted by Gasteiger charge is 2.15. The Bertz CT molecular complexity index is 646. The van der Waals surface area contributed by atoms with Crippen molar-refractivity contribution in [3.8, 4) is 0 Å². The lowest BCUT2D eigenvalue weighted by Crippen LogP contribution is -2.01. The maximum Gasteiger partial charge on any atom is 0.202 e. The van der Waals surface area contributed by atoms with Crippen molar-refractivity contribution < 1.29 is 9.21 Å². The quantitative estimate of drug-likeness (QED) is 0.581. The fraction of sp³-hybridized carbons (Fsp3) is 0.353. The van der Waals surface area contributed by atoms with Gasteiger partial charge in [0.15, 0.2) is 5.76 Å². The summed E-state index contributed by atoms with van der Waals surface area (Å²) in [5, 5.41) is 1.01. The largest absolute Gasteiger partial charge is 0.453 e.